The van der Waals surface area contributed by atoms with Crippen LogP contribution in [0, 0.1) is 22.7 Å². The molecule has 1 heterocycles. The Kier molecular flexibility index (Phi) is 9.67. The third-order valence-corrected chi connectivity index (χ3v) is 8.70. The van der Waals surface area contributed by atoms with Gasteiger partial charge in [0.05, 0.1) is 5.41 Å². The molecule has 10 heteroatoms. The van der Waals surface area contributed by atoms with Crippen molar-refractivity contribution in [1.29, 1.82) is 0 Å². The van der Waals surface area contributed by atoms with Crippen molar-refractivity contribution >= 4 is 23.9 Å². The number of carbonyl (C=O) groups excluding carboxylic acids is 4. The molecule has 0 aromatic heterocycles. The third-order valence-electron chi connectivity index (χ3n) is 8.70. The number of carbonyl (C=O) groups is 4. The number of ether oxygens (including phenoxy) is 5. The zero-order valence-electron chi connectivity index (χ0n) is 24.4. The summed E-state index contributed by atoms with van der Waals surface area (Å²) >= 11 is 0. The van der Waals surface area contributed by atoms with Crippen LogP contribution in [0.4, 0.5) is 0 Å². The number of aliphatic hydroxyl groups is 1. The van der Waals surface area contributed by atoms with Crippen molar-refractivity contribution < 1.29 is 48.0 Å². The largest absolute Gasteiger partial charge is 0.459 e. The molecule has 9 atom stereocenters. The molecule has 1 spiro atoms. The van der Waals surface area contributed by atoms with Crippen LogP contribution in [0.2, 0.25) is 0 Å². The molecule has 0 aromatic carbocycles. The summed E-state index contributed by atoms with van der Waals surface area (Å²) in [6.45, 7) is 15.3. The average molecular weight is 563 g/mol. The van der Waals surface area contributed by atoms with Crippen molar-refractivity contribution in [3.63, 3.8) is 0 Å². The van der Waals surface area contributed by atoms with Crippen LogP contribution in [0.15, 0.2) is 36.0 Å². The van der Waals surface area contributed by atoms with Gasteiger partial charge < -0.3 is 24.1 Å². The van der Waals surface area contributed by atoms with E-state index in [1.165, 1.54) is 20.8 Å². The minimum Gasteiger partial charge on any atom is -0.459 e. The van der Waals surface area contributed by atoms with E-state index in [1.54, 1.807) is 12.2 Å². The molecular weight excluding hydrogens is 520 g/mol. The highest BCUT2D eigenvalue weighted by Crippen LogP contribution is 2.67. The molecule has 0 bridgehead atoms. The summed E-state index contributed by atoms with van der Waals surface area (Å²) in [6.07, 6.45) is 0.875. The lowest BCUT2D eigenvalue weighted by Gasteiger charge is -2.62. The molecule has 222 valence electrons. The molecule has 1 N–H and O–H groups in total. The van der Waals surface area contributed by atoms with Gasteiger partial charge in [0, 0.05) is 38.7 Å². The molecule has 10 nitrogen and oxygen atoms in total. The van der Waals surface area contributed by atoms with Crippen LogP contribution < -0.4 is 0 Å². The first-order valence-corrected chi connectivity index (χ1v) is 13.8. The molecule has 1 saturated carbocycles. The van der Waals surface area contributed by atoms with Gasteiger partial charge in [-0.2, -0.15) is 0 Å². The highest BCUT2D eigenvalue weighted by molar-refractivity contribution is 5.70. The molecule has 2 fully saturated rings. The first kappa shape index (κ1) is 31.5. The Bertz CT molecular complexity index is 1090. The van der Waals surface area contributed by atoms with Gasteiger partial charge in [-0.3, -0.25) is 23.9 Å². The van der Waals surface area contributed by atoms with E-state index in [0.29, 0.717) is 18.4 Å². The van der Waals surface area contributed by atoms with Gasteiger partial charge in [-0.1, -0.05) is 45.1 Å². The summed E-state index contributed by atoms with van der Waals surface area (Å²) in [5.41, 5.74) is -0.952. The third kappa shape index (κ3) is 5.74. The van der Waals surface area contributed by atoms with Gasteiger partial charge in [-0.05, 0) is 43.6 Å². The summed E-state index contributed by atoms with van der Waals surface area (Å²) in [7, 11) is 0. The van der Waals surface area contributed by atoms with Crippen LogP contribution in [-0.2, 0) is 42.9 Å². The van der Waals surface area contributed by atoms with Crippen molar-refractivity contribution in [2.45, 2.75) is 105 Å². The summed E-state index contributed by atoms with van der Waals surface area (Å²) in [5, 5.41) is 12.1. The minimum absolute atomic E-state index is 0.119. The summed E-state index contributed by atoms with van der Waals surface area (Å²) in [4.78, 5) is 49.3. The predicted octanol–water partition coefficient (Wildman–Crippen LogP) is 3.91. The fraction of sp³-hybridized carbons (Fsp3) is 0.667. The Morgan fingerprint density at radius 3 is 2.25 bits per heavy atom. The summed E-state index contributed by atoms with van der Waals surface area (Å²) < 4.78 is 28.9. The number of rotatable bonds is 9. The quantitative estimate of drug-likeness (QED) is 0.191. The van der Waals surface area contributed by atoms with Gasteiger partial charge in [-0.25, -0.2) is 0 Å². The van der Waals surface area contributed by atoms with Crippen molar-refractivity contribution in [3.05, 3.63) is 36.0 Å². The van der Waals surface area contributed by atoms with Crippen LogP contribution in [0.3, 0.4) is 0 Å². The van der Waals surface area contributed by atoms with Crippen molar-refractivity contribution in [2.75, 3.05) is 0 Å². The highest BCUT2D eigenvalue weighted by atomic mass is 16.8. The van der Waals surface area contributed by atoms with Crippen LogP contribution in [0.25, 0.3) is 0 Å². The van der Waals surface area contributed by atoms with Gasteiger partial charge >= 0.3 is 23.9 Å². The molecule has 0 radical (unpaired) electrons. The van der Waals surface area contributed by atoms with E-state index >= 15 is 0 Å². The van der Waals surface area contributed by atoms with E-state index in [1.807, 2.05) is 33.8 Å². The maximum Gasteiger partial charge on any atom is 0.308 e. The number of esters is 4. The Hall–Kier alpha value is -2.98. The van der Waals surface area contributed by atoms with E-state index in [0.717, 1.165) is 5.57 Å². The minimum atomic E-state index is -1.48. The van der Waals surface area contributed by atoms with Gasteiger partial charge in [0.1, 0.15) is 18.3 Å². The monoisotopic (exact) mass is 562 g/mol. The Morgan fingerprint density at radius 2 is 1.70 bits per heavy atom. The zero-order chi connectivity index (χ0) is 30.0. The topological polar surface area (TPSA) is 135 Å². The fourth-order valence-electron chi connectivity index (χ4n) is 6.69. The second-order valence-corrected chi connectivity index (χ2v) is 11.3. The number of hydrogen-bond donors (Lipinski definition) is 1. The van der Waals surface area contributed by atoms with Gasteiger partial charge in [-0.15, -0.1) is 0 Å². The van der Waals surface area contributed by atoms with E-state index in [-0.39, 0.29) is 12.8 Å². The molecule has 0 amide bonds. The van der Waals surface area contributed by atoms with Crippen LogP contribution >= 0.6 is 0 Å². The second kappa shape index (κ2) is 12.3. The van der Waals surface area contributed by atoms with Crippen molar-refractivity contribution in [1.82, 2.24) is 0 Å². The smallest absolute Gasteiger partial charge is 0.308 e. The van der Waals surface area contributed by atoms with E-state index < -0.39 is 77.4 Å². The first-order valence-electron chi connectivity index (χ1n) is 13.8. The van der Waals surface area contributed by atoms with Gasteiger partial charge in [0.25, 0.3) is 0 Å². The second-order valence-electron chi connectivity index (χ2n) is 11.3. The lowest BCUT2D eigenvalue weighted by atomic mass is 9.44. The lowest BCUT2D eigenvalue weighted by molar-refractivity contribution is -0.275. The summed E-state index contributed by atoms with van der Waals surface area (Å²) in [5.74, 6) is -3.23. The molecule has 0 aromatic rings. The number of aliphatic hydroxyl groups excluding tert-OH is 1. The van der Waals surface area contributed by atoms with Gasteiger partial charge in [0.15, 0.2) is 0 Å². The molecular formula is C30H42O10. The van der Waals surface area contributed by atoms with E-state index in [9.17, 15) is 24.3 Å². The fourth-order valence-corrected chi connectivity index (χ4v) is 6.69. The van der Waals surface area contributed by atoms with Crippen molar-refractivity contribution in [2.24, 2.45) is 22.7 Å². The molecule has 3 rings (SSSR count). The normalized spacial score (nSPS) is 36.9. The van der Waals surface area contributed by atoms with Crippen molar-refractivity contribution in [3.8, 4) is 0 Å². The van der Waals surface area contributed by atoms with Crippen LogP contribution in [0.5, 0.6) is 0 Å². The molecule has 1 aliphatic heterocycles. The molecule has 2 aliphatic carbocycles. The molecule has 40 heavy (non-hydrogen) atoms. The van der Waals surface area contributed by atoms with Crippen LogP contribution in [0.1, 0.15) is 74.1 Å². The zero-order valence-corrected chi connectivity index (χ0v) is 24.4. The van der Waals surface area contributed by atoms with E-state index in [4.69, 9.17) is 23.7 Å². The highest BCUT2D eigenvalue weighted by Gasteiger charge is 2.74. The SMILES string of the molecule is C=C/C(C)=C\C[C@@]1(C)[C@H](C)[C@@H](OC(C)=O)[C@H](O)[C@@]23C(=C[C@H](OC(C)=O)C[C@@H]12)[C@@H](OC(=O)CCC)O[C@H]3OC(C)=O. The number of allylic oxidation sites excluding steroid dienone is 3. The Balaban J connectivity index is 2.32. The van der Waals surface area contributed by atoms with Crippen LogP contribution in [-0.4, -0.2) is 59.9 Å². The molecule has 0 unspecified atom stereocenters. The Labute approximate surface area is 235 Å². The maximum atomic E-state index is 12.6. The standard InChI is InChI=1S/C30H42O10/c1-9-11-24(34)39-27-22-14-21(36-18(5)31)15-23-29(8,13-12-16(3)10-2)17(4)25(37-19(6)32)26(35)30(22,23)28(40-27)38-20(7)33/h10,12,14,17,21,23,25-28,35H,2,9,11,13,15H2,1,3-8H3/b16-12-/t17-,21+,23+,25-,26+,27+,28-,29+,30-/m1/s1. The predicted molar refractivity (Wildman–Crippen MR) is 143 cm³/mol. The van der Waals surface area contributed by atoms with E-state index in [2.05, 4.69) is 6.58 Å². The first-order chi connectivity index (χ1) is 18.7. The Morgan fingerprint density at radius 1 is 1.07 bits per heavy atom. The lowest BCUT2D eigenvalue weighted by Crippen LogP contribution is -2.68. The molecule has 1 saturated heterocycles. The van der Waals surface area contributed by atoms with Gasteiger partial charge in [0.2, 0.25) is 12.6 Å². The maximum absolute atomic E-state index is 12.6. The molecule has 3 aliphatic rings. The summed E-state index contributed by atoms with van der Waals surface area (Å²) in [6, 6.07) is 0. The number of hydrogen-bond acceptors (Lipinski definition) is 10. The average Bonchev–Trinajstić information content (AvgIpc) is 3.15.